The van der Waals surface area contributed by atoms with Crippen molar-refractivity contribution in [2.24, 2.45) is 0 Å². The number of amides is 2. The van der Waals surface area contributed by atoms with Gasteiger partial charge in [-0.25, -0.2) is 4.98 Å². The maximum Gasteiger partial charge on any atom is 0.255 e. The van der Waals surface area contributed by atoms with Gasteiger partial charge >= 0.3 is 0 Å². The molecule has 2 amide bonds. The van der Waals surface area contributed by atoms with Crippen molar-refractivity contribution in [2.75, 3.05) is 18.4 Å². The highest BCUT2D eigenvalue weighted by atomic mass is 16.2. The number of nitrogens with zero attached hydrogens (tertiary/aromatic N) is 3. The predicted octanol–water partition coefficient (Wildman–Crippen LogP) is 5.06. The molecule has 1 saturated heterocycles. The van der Waals surface area contributed by atoms with Gasteiger partial charge in [-0.05, 0) is 72.5 Å². The lowest BCUT2D eigenvalue weighted by atomic mass is 9.98. The van der Waals surface area contributed by atoms with E-state index in [0.29, 0.717) is 12.1 Å². The van der Waals surface area contributed by atoms with E-state index < -0.39 is 0 Å². The van der Waals surface area contributed by atoms with Crippen molar-refractivity contribution in [2.45, 2.75) is 19.3 Å². The van der Waals surface area contributed by atoms with E-state index in [1.165, 1.54) is 11.6 Å². The van der Waals surface area contributed by atoms with E-state index >= 15 is 0 Å². The van der Waals surface area contributed by atoms with Crippen LogP contribution in [-0.2, 0) is 4.79 Å². The number of likely N-dealkylation sites (tertiary alicyclic amines) is 1. The minimum atomic E-state index is -0.141. The summed E-state index contributed by atoms with van der Waals surface area (Å²) in [6.07, 6.45) is 5.91. The lowest BCUT2D eigenvalue weighted by Crippen LogP contribution is -2.26. The number of aromatic nitrogens is 2. The van der Waals surface area contributed by atoms with E-state index in [1.807, 2.05) is 72.7 Å². The number of rotatable bonds is 5. The summed E-state index contributed by atoms with van der Waals surface area (Å²) < 4.78 is 2.08. The molecule has 6 heteroatoms. The first kappa shape index (κ1) is 21.6. The Bertz CT molecular complexity index is 1390. The zero-order valence-electron chi connectivity index (χ0n) is 19.1. The minimum Gasteiger partial charge on any atom is -0.339 e. The molecule has 0 bridgehead atoms. The summed E-state index contributed by atoms with van der Waals surface area (Å²) in [4.78, 5) is 30.9. The number of hydrogen-bond acceptors (Lipinski definition) is 3. The van der Waals surface area contributed by atoms with Crippen molar-refractivity contribution in [3.63, 3.8) is 0 Å². The fourth-order valence-electron chi connectivity index (χ4n) is 4.69. The fourth-order valence-corrected chi connectivity index (χ4v) is 4.69. The number of carbonyl (C=O) groups is 2. The van der Waals surface area contributed by atoms with Gasteiger partial charge in [-0.3, -0.25) is 9.59 Å². The fraction of sp³-hybridized carbons (Fsp3) is 0.179. The molecule has 1 fully saturated rings. The number of nitrogens with one attached hydrogen (secondary N) is 1. The molecule has 34 heavy (non-hydrogen) atoms. The van der Waals surface area contributed by atoms with Crippen molar-refractivity contribution in [1.29, 1.82) is 0 Å². The molecule has 1 aliphatic rings. The van der Waals surface area contributed by atoms with Crippen molar-refractivity contribution < 1.29 is 9.59 Å². The number of benzene rings is 2. The van der Waals surface area contributed by atoms with E-state index in [4.69, 9.17) is 0 Å². The summed E-state index contributed by atoms with van der Waals surface area (Å²) >= 11 is 0. The van der Waals surface area contributed by atoms with Crippen LogP contribution in [0.4, 0.5) is 5.69 Å². The van der Waals surface area contributed by atoms with Crippen molar-refractivity contribution >= 4 is 23.0 Å². The van der Waals surface area contributed by atoms with Crippen LogP contribution in [0.15, 0.2) is 85.8 Å². The molecule has 0 aliphatic carbocycles. The highest BCUT2D eigenvalue weighted by Gasteiger charge is 2.28. The highest BCUT2D eigenvalue weighted by molar-refractivity contribution is 6.04. The second-order valence-corrected chi connectivity index (χ2v) is 8.70. The zero-order valence-corrected chi connectivity index (χ0v) is 19.1. The van der Waals surface area contributed by atoms with Gasteiger partial charge in [0.2, 0.25) is 5.91 Å². The van der Waals surface area contributed by atoms with Gasteiger partial charge in [-0.1, -0.05) is 30.8 Å². The number of aryl methyl sites for hydroxylation is 1. The van der Waals surface area contributed by atoms with Crippen LogP contribution in [0.5, 0.6) is 0 Å². The molecule has 0 saturated carbocycles. The van der Waals surface area contributed by atoms with E-state index in [9.17, 15) is 9.59 Å². The van der Waals surface area contributed by atoms with Crippen LogP contribution in [0.3, 0.4) is 0 Å². The summed E-state index contributed by atoms with van der Waals surface area (Å²) in [5.41, 5.74) is 6.77. The largest absolute Gasteiger partial charge is 0.339 e. The summed E-state index contributed by atoms with van der Waals surface area (Å²) in [5.74, 6) is 0.0966. The Hall–Kier alpha value is -4.19. The van der Waals surface area contributed by atoms with Gasteiger partial charge in [0.1, 0.15) is 0 Å². The summed E-state index contributed by atoms with van der Waals surface area (Å²) in [6, 6.07) is 19.6. The standard InChI is InChI=1S/C28H26N4O2/c1-3-27(33)31-14-12-22(17-31)24-16-26(32-18-29-13-11-25(24)32)20-7-9-21(10-8-20)28(34)30-23-6-4-5-19(2)15-23/h3-11,13,15-16,18,22H,1,12,14,17H2,2H3,(H,30,34). The summed E-state index contributed by atoms with van der Waals surface area (Å²) in [6.45, 7) is 7.03. The van der Waals surface area contributed by atoms with Crippen molar-refractivity contribution in [3.8, 4) is 11.3 Å². The van der Waals surface area contributed by atoms with Gasteiger partial charge in [0, 0.05) is 36.5 Å². The molecule has 4 aromatic rings. The third kappa shape index (κ3) is 4.10. The average Bonchev–Trinajstić information content (AvgIpc) is 3.49. The molecule has 3 heterocycles. The zero-order chi connectivity index (χ0) is 23.7. The first-order valence-electron chi connectivity index (χ1n) is 11.4. The first-order chi connectivity index (χ1) is 16.5. The van der Waals surface area contributed by atoms with Gasteiger partial charge in [0.25, 0.3) is 5.91 Å². The number of hydrogen-bond donors (Lipinski definition) is 1. The van der Waals surface area contributed by atoms with Gasteiger partial charge in [-0.15, -0.1) is 0 Å². The quantitative estimate of drug-likeness (QED) is 0.432. The monoisotopic (exact) mass is 450 g/mol. The smallest absolute Gasteiger partial charge is 0.255 e. The van der Waals surface area contributed by atoms with E-state index in [-0.39, 0.29) is 17.7 Å². The van der Waals surface area contributed by atoms with Gasteiger partial charge in [0.15, 0.2) is 0 Å². The second kappa shape index (κ2) is 8.98. The maximum atomic E-state index is 12.7. The Balaban J connectivity index is 1.42. The van der Waals surface area contributed by atoms with Crippen LogP contribution in [0.1, 0.15) is 33.8 Å². The molecule has 1 atom stereocenters. The lowest BCUT2D eigenvalue weighted by Gasteiger charge is -2.13. The van der Waals surface area contributed by atoms with Crippen LogP contribution in [-0.4, -0.2) is 39.2 Å². The third-order valence-electron chi connectivity index (χ3n) is 6.44. The van der Waals surface area contributed by atoms with Gasteiger partial charge < -0.3 is 14.6 Å². The molecule has 1 aliphatic heterocycles. The van der Waals surface area contributed by atoms with E-state index in [0.717, 1.165) is 41.0 Å². The van der Waals surface area contributed by atoms with Crippen LogP contribution < -0.4 is 5.32 Å². The predicted molar refractivity (Wildman–Crippen MR) is 134 cm³/mol. The number of carbonyl (C=O) groups excluding carboxylic acids is 2. The Kier molecular flexibility index (Phi) is 5.72. The summed E-state index contributed by atoms with van der Waals surface area (Å²) in [7, 11) is 0. The number of fused-ring (bicyclic) bond motifs is 1. The first-order valence-corrected chi connectivity index (χ1v) is 11.4. The molecule has 0 spiro atoms. The van der Waals surface area contributed by atoms with Crippen LogP contribution in [0.25, 0.3) is 16.8 Å². The highest BCUT2D eigenvalue weighted by Crippen LogP contribution is 2.35. The molecule has 1 unspecified atom stereocenters. The molecule has 5 rings (SSSR count). The molecular formula is C28H26N4O2. The molecule has 6 nitrogen and oxygen atoms in total. The van der Waals surface area contributed by atoms with E-state index in [2.05, 4.69) is 27.3 Å². The normalized spacial score (nSPS) is 15.4. The molecule has 2 aromatic carbocycles. The number of anilines is 1. The molecule has 170 valence electrons. The van der Waals surface area contributed by atoms with Gasteiger partial charge in [0.05, 0.1) is 17.5 Å². The topological polar surface area (TPSA) is 66.7 Å². The maximum absolute atomic E-state index is 12.7. The minimum absolute atomic E-state index is 0.0209. The van der Waals surface area contributed by atoms with Gasteiger partial charge in [-0.2, -0.15) is 0 Å². The SMILES string of the molecule is C=CC(=O)N1CCC(c2cc(-c3ccc(C(=O)Nc4cccc(C)c4)cc3)n3cnccc23)C1. The van der Waals surface area contributed by atoms with Crippen molar-refractivity contribution in [1.82, 2.24) is 14.3 Å². The van der Waals surface area contributed by atoms with Crippen molar-refractivity contribution in [3.05, 3.63) is 103 Å². The Labute approximate surface area is 198 Å². The van der Waals surface area contributed by atoms with E-state index in [1.54, 1.807) is 6.20 Å². The third-order valence-corrected chi connectivity index (χ3v) is 6.44. The second-order valence-electron chi connectivity index (χ2n) is 8.70. The molecule has 0 radical (unpaired) electrons. The Morgan fingerprint density at radius 2 is 1.94 bits per heavy atom. The lowest BCUT2D eigenvalue weighted by molar-refractivity contribution is -0.125. The summed E-state index contributed by atoms with van der Waals surface area (Å²) in [5, 5.41) is 2.95. The van der Waals surface area contributed by atoms with Crippen LogP contribution in [0, 0.1) is 6.92 Å². The Morgan fingerprint density at radius 3 is 2.71 bits per heavy atom. The van der Waals surface area contributed by atoms with Crippen LogP contribution >= 0.6 is 0 Å². The molecular weight excluding hydrogens is 424 g/mol. The van der Waals surface area contributed by atoms with Crippen LogP contribution in [0.2, 0.25) is 0 Å². The Morgan fingerprint density at radius 1 is 1.12 bits per heavy atom. The average molecular weight is 451 g/mol. The molecule has 1 N–H and O–H groups in total. The molecule has 2 aromatic heterocycles.